The largest absolute Gasteiger partial charge is 0.473 e. The maximum atomic E-state index is 12.6. The molecule has 168 valence electrons. The molecule has 1 fully saturated rings. The van der Waals surface area contributed by atoms with Gasteiger partial charge in [0, 0.05) is 38.9 Å². The van der Waals surface area contributed by atoms with Gasteiger partial charge in [0.2, 0.25) is 11.8 Å². The molecule has 33 heavy (non-hydrogen) atoms. The standard InChI is InChI=1S/C25H24N4O4/c30-23(10-5-13-29-24(31)18-6-1-2-7-19(18)25(29)32)28-14-11-17(12-15-28)33-22-16-26-20-8-3-4-9-21(20)27-22/h1-4,6-9,16-17H,5,10-15H2. The predicted molar refractivity (Wildman–Crippen MR) is 121 cm³/mol. The summed E-state index contributed by atoms with van der Waals surface area (Å²) in [7, 11) is 0. The lowest BCUT2D eigenvalue weighted by molar-refractivity contribution is -0.133. The molecule has 0 atom stereocenters. The summed E-state index contributed by atoms with van der Waals surface area (Å²) in [6, 6.07) is 14.5. The van der Waals surface area contributed by atoms with Crippen LogP contribution in [0.5, 0.6) is 5.88 Å². The first kappa shape index (κ1) is 21.1. The van der Waals surface area contributed by atoms with Gasteiger partial charge in [-0.25, -0.2) is 9.97 Å². The maximum Gasteiger partial charge on any atom is 0.261 e. The van der Waals surface area contributed by atoms with Crippen molar-refractivity contribution in [2.24, 2.45) is 0 Å². The first-order valence-electron chi connectivity index (χ1n) is 11.2. The molecule has 2 aliphatic heterocycles. The van der Waals surface area contributed by atoms with E-state index in [1.54, 1.807) is 30.5 Å². The molecule has 3 aromatic rings. The van der Waals surface area contributed by atoms with Gasteiger partial charge in [-0.1, -0.05) is 24.3 Å². The monoisotopic (exact) mass is 444 g/mol. The Morgan fingerprint density at radius 3 is 2.27 bits per heavy atom. The van der Waals surface area contributed by atoms with Crippen LogP contribution in [0.2, 0.25) is 0 Å². The van der Waals surface area contributed by atoms with Gasteiger partial charge in [-0.05, 0) is 30.7 Å². The van der Waals surface area contributed by atoms with Crippen LogP contribution in [-0.4, -0.2) is 63.2 Å². The number of para-hydroxylation sites is 2. The molecular formula is C25H24N4O4. The fourth-order valence-corrected chi connectivity index (χ4v) is 4.38. The lowest BCUT2D eigenvalue weighted by Gasteiger charge is -2.32. The Balaban J connectivity index is 1.08. The molecule has 8 nitrogen and oxygen atoms in total. The molecular weight excluding hydrogens is 420 g/mol. The number of fused-ring (bicyclic) bond motifs is 2. The van der Waals surface area contributed by atoms with E-state index in [-0.39, 0.29) is 30.4 Å². The molecule has 0 aliphatic carbocycles. The van der Waals surface area contributed by atoms with Crippen LogP contribution in [-0.2, 0) is 4.79 Å². The number of aromatic nitrogens is 2. The first-order valence-corrected chi connectivity index (χ1v) is 11.2. The molecule has 3 amide bonds. The number of benzene rings is 2. The topological polar surface area (TPSA) is 92.7 Å². The van der Waals surface area contributed by atoms with Crippen molar-refractivity contribution in [2.45, 2.75) is 31.8 Å². The Bertz CT molecular complexity index is 1180. The Morgan fingerprint density at radius 1 is 0.939 bits per heavy atom. The third-order valence-corrected chi connectivity index (χ3v) is 6.16. The highest BCUT2D eigenvalue weighted by atomic mass is 16.5. The molecule has 8 heteroatoms. The lowest BCUT2D eigenvalue weighted by atomic mass is 10.1. The van der Waals surface area contributed by atoms with Crippen LogP contribution >= 0.6 is 0 Å². The summed E-state index contributed by atoms with van der Waals surface area (Å²) < 4.78 is 6.00. The smallest absolute Gasteiger partial charge is 0.261 e. The SMILES string of the molecule is O=C(CCCN1C(=O)c2ccccc2C1=O)N1CCC(Oc2cnc3ccccc3n2)CC1. The fraction of sp³-hybridized carbons (Fsp3) is 0.320. The number of imide groups is 1. The van der Waals surface area contributed by atoms with Crippen molar-refractivity contribution in [1.82, 2.24) is 19.8 Å². The molecule has 0 unspecified atom stereocenters. The van der Waals surface area contributed by atoms with Crippen LogP contribution in [0.25, 0.3) is 11.0 Å². The van der Waals surface area contributed by atoms with Gasteiger partial charge in [0.1, 0.15) is 6.10 Å². The van der Waals surface area contributed by atoms with Gasteiger partial charge in [-0.15, -0.1) is 0 Å². The molecule has 0 saturated carbocycles. The fourth-order valence-electron chi connectivity index (χ4n) is 4.38. The summed E-state index contributed by atoms with van der Waals surface area (Å²) >= 11 is 0. The number of rotatable bonds is 6. The van der Waals surface area contributed by atoms with E-state index >= 15 is 0 Å². The molecule has 2 aliphatic rings. The van der Waals surface area contributed by atoms with E-state index in [2.05, 4.69) is 9.97 Å². The normalized spacial score (nSPS) is 16.4. The molecule has 0 radical (unpaired) electrons. The van der Waals surface area contributed by atoms with Crippen LogP contribution in [0.1, 0.15) is 46.4 Å². The van der Waals surface area contributed by atoms with E-state index in [0.717, 1.165) is 23.9 Å². The summed E-state index contributed by atoms with van der Waals surface area (Å²) in [5, 5.41) is 0. The first-order chi connectivity index (χ1) is 16.1. The van der Waals surface area contributed by atoms with Crippen LogP contribution < -0.4 is 4.74 Å². The van der Waals surface area contributed by atoms with Gasteiger partial charge in [-0.3, -0.25) is 19.3 Å². The second-order valence-corrected chi connectivity index (χ2v) is 8.31. The zero-order valence-electron chi connectivity index (χ0n) is 18.1. The van der Waals surface area contributed by atoms with Crippen LogP contribution in [0, 0.1) is 0 Å². The van der Waals surface area contributed by atoms with Gasteiger partial charge in [-0.2, -0.15) is 0 Å². The van der Waals surface area contributed by atoms with Gasteiger partial charge in [0.25, 0.3) is 11.8 Å². The molecule has 5 rings (SSSR count). The maximum absolute atomic E-state index is 12.6. The number of amides is 3. The molecule has 3 heterocycles. The Hall–Kier alpha value is -3.81. The average Bonchev–Trinajstić information content (AvgIpc) is 3.09. The van der Waals surface area contributed by atoms with Crippen LogP contribution in [0.4, 0.5) is 0 Å². The molecule has 2 aromatic carbocycles. The number of hydrogen-bond donors (Lipinski definition) is 0. The number of carbonyl (C=O) groups excluding carboxylic acids is 3. The van der Waals surface area contributed by atoms with Gasteiger partial charge >= 0.3 is 0 Å². The van der Waals surface area contributed by atoms with Crippen molar-refractivity contribution in [3.8, 4) is 5.88 Å². The minimum absolute atomic E-state index is 0.0112. The van der Waals surface area contributed by atoms with Crippen molar-refractivity contribution >= 4 is 28.8 Å². The predicted octanol–water partition coefficient (Wildman–Crippen LogP) is 3.08. The molecule has 1 aromatic heterocycles. The summed E-state index contributed by atoms with van der Waals surface area (Å²) in [6.45, 7) is 1.47. The van der Waals surface area contributed by atoms with E-state index < -0.39 is 0 Å². The van der Waals surface area contributed by atoms with Crippen molar-refractivity contribution in [1.29, 1.82) is 0 Å². The Labute approximate surface area is 191 Å². The quantitative estimate of drug-likeness (QED) is 0.543. The van der Waals surface area contributed by atoms with Gasteiger partial charge < -0.3 is 9.64 Å². The second kappa shape index (κ2) is 8.97. The molecule has 0 spiro atoms. The van der Waals surface area contributed by atoms with Crippen molar-refractivity contribution in [2.75, 3.05) is 19.6 Å². The van der Waals surface area contributed by atoms with E-state index in [1.165, 1.54) is 4.90 Å². The highest BCUT2D eigenvalue weighted by molar-refractivity contribution is 6.21. The number of likely N-dealkylation sites (tertiary alicyclic amines) is 1. The van der Waals surface area contributed by atoms with Crippen LogP contribution in [0.15, 0.2) is 54.7 Å². The minimum atomic E-state index is -0.280. The second-order valence-electron chi connectivity index (χ2n) is 8.31. The number of nitrogens with zero attached hydrogens (tertiary/aromatic N) is 4. The summed E-state index contributed by atoms with van der Waals surface area (Å²) in [5.41, 5.74) is 2.49. The highest BCUT2D eigenvalue weighted by Gasteiger charge is 2.34. The zero-order chi connectivity index (χ0) is 22.8. The molecule has 0 bridgehead atoms. The molecule has 1 saturated heterocycles. The number of piperidine rings is 1. The van der Waals surface area contributed by atoms with Crippen LogP contribution in [0.3, 0.4) is 0 Å². The summed E-state index contributed by atoms with van der Waals surface area (Å²) in [4.78, 5) is 49.4. The Kier molecular flexibility index (Phi) is 5.73. The van der Waals surface area contributed by atoms with Crippen molar-refractivity contribution in [3.05, 3.63) is 65.9 Å². The number of carbonyl (C=O) groups is 3. The van der Waals surface area contributed by atoms with E-state index in [0.29, 0.717) is 42.9 Å². The van der Waals surface area contributed by atoms with E-state index in [4.69, 9.17) is 4.74 Å². The van der Waals surface area contributed by atoms with E-state index in [1.807, 2.05) is 29.2 Å². The number of hydrogen-bond acceptors (Lipinski definition) is 6. The van der Waals surface area contributed by atoms with Gasteiger partial charge in [0.05, 0.1) is 28.4 Å². The van der Waals surface area contributed by atoms with Crippen molar-refractivity contribution < 1.29 is 19.1 Å². The summed E-state index contributed by atoms with van der Waals surface area (Å²) in [5.74, 6) is -0.0226. The third kappa shape index (κ3) is 4.28. The van der Waals surface area contributed by atoms with E-state index in [9.17, 15) is 14.4 Å². The minimum Gasteiger partial charge on any atom is -0.473 e. The molecule has 0 N–H and O–H groups in total. The Morgan fingerprint density at radius 2 is 1.58 bits per heavy atom. The lowest BCUT2D eigenvalue weighted by Crippen LogP contribution is -2.42. The average molecular weight is 444 g/mol. The number of ether oxygens (including phenoxy) is 1. The summed E-state index contributed by atoms with van der Waals surface area (Å²) in [6.07, 6.45) is 3.82. The third-order valence-electron chi connectivity index (χ3n) is 6.16. The van der Waals surface area contributed by atoms with Gasteiger partial charge in [0.15, 0.2) is 0 Å². The van der Waals surface area contributed by atoms with Crippen molar-refractivity contribution in [3.63, 3.8) is 0 Å². The zero-order valence-corrected chi connectivity index (χ0v) is 18.1. The highest BCUT2D eigenvalue weighted by Crippen LogP contribution is 2.23.